The second-order valence-corrected chi connectivity index (χ2v) is 9.54. The van der Waals surface area contributed by atoms with Crippen LogP contribution in [0.3, 0.4) is 0 Å². The van der Waals surface area contributed by atoms with Crippen LogP contribution in [0.1, 0.15) is 37.7 Å². The summed E-state index contributed by atoms with van der Waals surface area (Å²) in [6.07, 6.45) is 1.81. The lowest BCUT2D eigenvalue weighted by Crippen LogP contribution is -2.48. The van der Waals surface area contributed by atoms with Crippen LogP contribution in [0.5, 0.6) is 17.2 Å². The average Bonchev–Trinajstić information content (AvgIpc) is 3.38. The summed E-state index contributed by atoms with van der Waals surface area (Å²) in [4.78, 5) is 4.94. The molecule has 0 spiro atoms. The molecule has 4 rings (SSSR count). The van der Waals surface area contributed by atoms with Crippen LogP contribution in [0.25, 0.3) is 0 Å². The van der Waals surface area contributed by atoms with Crippen molar-refractivity contribution in [3.05, 3.63) is 53.9 Å². The molecule has 2 heterocycles. The maximum atomic E-state index is 5.59. The number of aryl methyl sites for hydroxylation is 2. The van der Waals surface area contributed by atoms with E-state index in [0.717, 1.165) is 73.3 Å². The van der Waals surface area contributed by atoms with Crippen LogP contribution >= 0.6 is 0 Å². The molecular formula is C27H38N6O3. The number of para-hydroxylation sites is 2. The van der Waals surface area contributed by atoms with E-state index in [1.54, 1.807) is 21.3 Å². The maximum absolute atomic E-state index is 5.59. The van der Waals surface area contributed by atoms with Crippen molar-refractivity contribution < 1.29 is 14.2 Å². The van der Waals surface area contributed by atoms with Crippen molar-refractivity contribution >= 4 is 5.69 Å². The molecule has 1 fully saturated rings. The number of benzene rings is 2. The zero-order chi connectivity index (χ0) is 25.5. The molecule has 9 nitrogen and oxygen atoms in total. The van der Waals surface area contributed by atoms with Crippen LogP contribution < -0.4 is 19.1 Å². The molecule has 0 saturated carbocycles. The fraction of sp³-hybridized carbons (Fsp3) is 0.519. The minimum atomic E-state index is 0.172. The predicted octanol–water partition coefficient (Wildman–Crippen LogP) is 3.85. The molecule has 0 bridgehead atoms. The Kier molecular flexibility index (Phi) is 8.64. The van der Waals surface area contributed by atoms with Gasteiger partial charge in [-0.2, -0.15) is 0 Å². The number of aromatic nitrogens is 4. The van der Waals surface area contributed by atoms with Gasteiger partial charge in [0.25, 0.3) is 0 Å². The molecule has 1 aliphatic heterocycles. The second-order valence-electron chi connectivity index (χ2n) is 9.54. The number of nitrogens with zero attached hydrogens (tertiary/aromatic N) is 6. The summed E-state index contributed by atoms with van der Waals surface area (Å²) in [5, 5.41) is 12.9. The van der Waals surface area contributed by atoms with Gasteiger partial charge in [-0.1, -0.05) is 32.0 Å². The molecule has 9 heteroatoms. The van der Waals surface area contributed by atoms with Crippen LogP contribution in [-0.2, 0) is 13.0 Å². The first kappa shape index (κ1) is 25.8. The molecule has 36 heavy (non-hydrogen) atoms. The van der Waals surface area contributed by atoms with E-state index in [1.165, 1.54) is 0 Å². The van der Waals surface area contributed by atoms with Crippen molar-refractivity contribution in [1.82, 2.24) is 25.1 Å². The summed E-state index contributed by atoms with van der Waals surface area (Å²) in [6, 6.07) is 14.4. The molecule has 0 aliphatic carbocycles. The van der Waals surface area contributed by atoms with Crippen LogP contribution in [0.2, 0.25) is 0 Å². The van der Waals surface area contributed by atoms with Gasteiger partial charge in [0.05, 0.1) is 33.1 Å². The smallest absolute Gasteiger partial charge is 0.168 e. The topological polar surface area (TPSA) is 77.8 Å². The summed E-state index contributed by atoms with van der Waals surface area (Å²) in [6.45, 7) is 8.97. The number of hydrogen-bond donors (Lipinski definition) is 0. The van der Waals surface area contributed by atoms with Crippen molar-refractivity contribution in [3.8, 4) is 17.2 Å². The highest BCUT2D eigenvalue weighted by molar-refractivity contribution is 5.58. The van der Waals surface area contributed by atoms with E-state index in [9.17, 15) is 0 Å². The van der Waals surface area contributed by atoms with Gasteiger partial charge in [0.2, 0.25) is 0 Å². The first-order valence-corrected chi connectivity index (χ1v) is 12.6. The van der Waals surface area contributed by atoms with Crippen LogP contribution in [0, 0.1) is 5.92 Å². The number of tetrazole rings is 1. The molecule has 0 amide bonds. The number of piperazine rings is 1. The lowest BCUT2D eigenvalue weighted by Gasteiger charge is -2.40. The Balaban J connectivity index is 1.46. The van der Waals surface area contributed by atoms with Gasteiger partial charge in [-0.05, 0) is 59.0 Å². The number of ether oxygens (including phenoxy) is 3. The van der Waals surface area contributed by atoms with Gasteiger partial charge in [0, 0.05) is 32.7 Å². The first-order valence-electron chi connectivity index (χ1n) is 12.6. The molecular weight excluding hydrogens is 456 g/mol. The Morgan fingerprint density at radius 1 is 0.861 bits per heavy atom. The number of methoxy groups -OCH3 is 3. The Labute approximate surface area is 213 Å². The van der Waals surface area contributed by atoms with Gasteiger partial charge in [-0.3, -0.25) is 4.90 Å². The summed E-state index contributed by atoms with van der Waals surface area (Å²) < 4.78 is 18.4. The molecule has 2 aromatic carbocycles. The SMILES string of the molecule is COc1ccc(CCn2nnnc2[C@H](CC(C)C)N2CCN(c3ccccc3OC)CC2)cc1OC. The molecule has 1 aliphatic rings. The number of anilines is 1. The van der Waals surface area contributed by atoms with E-state index in [0.29, 0.717) is 12.5 Å². The lowest BCUT2D eigenvalue weighted by atomic mass is 10.0. The Bertz CT molecular complexity index is 1110. The fourth-order valence-corrected chi connectivity index (χ4v) is 4.91. The van der Waals surface area contributed by atoms with Crippen LogP contribution in [0.4, 0.5) is 5.69 Å². The highest BCUT2D eigenvalue weighted by atomic mass is 16.5. The third kappa shape index (κ3) is 5.90. The predicted molar refractivity (Wildman–Crippen MR) is 140 cm³/mol. The van der Waals surface area contributed by atoms with Crippen molar-refractivity contribution in [1.29, 1.82) is 0 Å². The Morgan fingerprint density at radius 2 is 1.58 bits per heavy atom. The standard InChI is InChI=1S/C27H38N6O3/c1-20(2)18-23(32-16-14-31(15-17-32)22-8-6-7-9-24(22)34-3)27-28-29-30-33(27)13-12-21-10-11-25(35-4)26(19-21)36-5/h6-11,19-20,23H,12-18H2,1-5H3/t23-/m0/s1. The van der Waals surface area contributed by atoms with E-state index in [1.807, 2.05) is 28.9 Å². The second kappa shape index (κ2) is 12.1. The third-order valence-electron chi connectivity index (χ3n) is 6.79. The van der Waals surface area contributed by atoms with Gasteiger partial charge >= 0.3 is 0 Å². The van der Waals surface area contributed by atoms with E-state index in [-0.39, 0.29) is 6.04 Å². The highest BCUT2D eigenvalue weighted by Gasteiger charge is 2.30. The number of rotatable bonds is 11. The lowest BCUT2D eigenvalue weighted by molar-refractivity contribution is 0.152. The fourth-order valence-electron chi connectivity index (χ4n) is 4.91. The minimum absolute atomic E-state index is 0.172. The molecule has 1 atom stereocenters. The van der Waals surface area contributed by atoms with Crippen LogP contribution in [-0.4, -0.2) is 72.6 Å². The largest absolute Gasteiger partial charge is 0.495 e. The monoisotopic (exact) mass is 494 g/mol. The normalized spacial score (nSPS) is 15.2. The number of hydrogen-bond acceptors (Lipinski definition) is 8. The maximum Gasteiger partial charge on any atom is 0.168 e. The van der Waals surface area contributed by atoms with E-state index in [2.05, 4.69) is 57.4 Å². The van der Waals surface area contributed by atoms with E-state index >= 15 is 0 Å². The zero-order valence-electron chi connectivity index (χ0n) is 22.1. The third-order valence-corrected chi connectivity index (χ3v) is 6.79. The van der Waals surface area contributed by atoms with Crippen molar-refractivity contribution in [3.63, 3.8) is 0 Å². The average molecular weight is 495 g/mol. The van der Waals surface area contributed by atoms with Gasteiger partial charge in [0.15, 0.2) is 17.3 Å². The summed E-state index contributed by atoms with van der Waals surface area (Å²) in [7, 11) is 5.04. The zero-order valence-corrected chi connectivity index (χ0v) is 22.1. The Morgan fingerprint density at radius 3 is 2.28 bits per heavy atom. The summed E-state index contributed by atoms with van der Waals surface area (Å²) in [5.74, 6) is 3.85. The molecule has 1 aromatic heterocycles. The first-order chi connectivity index (χ1) is 17.5. The highest BCUT2D eigenvalue weighted by Crippen LogP contribution is 2.32. The summed E-state index contributed by atoms with van der Waals surface area (Å²) in [5.41, 5.74) is 2.31. The quantitative estimate of drug-likeness (QED) is 0.398. The van der Waals surface area contributed by atoms with Crippen molar-refractivity contribution in [2.24, 2.45) is 5.92 Å². The van der Waals surface area contributed by atoms with Crippen LogP contribution in [0.15, 0.2) is 42.5 Å². The van der Waals surface area contributed by atoms with E-state index in [4.69, 9.17) is 14.2 Å². The molecule has 0 N–H and O–H groups in total. The Hall–Kier alpha value is -3.33. The molecule has 0 unspecified atom stereocenters. The minimum Gasteiger partial charge on any atom is -0.495 e. The summed E-state index contributed by atoms with van der Waals surface area (Å²) >= 11 is 0. The van der Waals surface area contributed by atoms with E-state index < -0.39 is 0 Å². The van der Waals surface area contributed by atoms with Gasteiger partial charge < -0.3 is 19.1 Å². The van der Waals surface area contributed by atoms with Crippen molar-refractivity contribution in [2.75, 3.05) is 52.4 Å². The van der Waals surface area contributed by atoms with Gasteiger partial charge in [0.1, 0.15) is 5.75 Å². The molecule has 1 saturated heterocycles. The molecule has 0 radical (unpaired) electrons. The molecule has 194 valence electrons. The molecule has 3 aromatic rings. The van der Waals surface area contributed by atoms with Gasteiger partial charge in [-0.15, -0.1) is 5.10 Å². The van der Waals surface area contributed by atoms with Gasteiger partial charge in [-0.25, -0.2) is 4.68 Å². The van der Waals surface area contributed by atoms with Crippen molar-refractivity contribution in [2.45, 2.75) is 39.3 Å².